The van der Waals surface area contributed by atoms with E-state index in [4.69, 9.17) is 0 Å². The van der Waals surface area contributed by atoms with Crippen LogP contribution in [-0.4, -0.2) is 58.7 Å². The highest BCUT2D eigenvalue weighted by Gasteiger charge is 2.49. The third-order valence-electron chi connectivity index (χ3n) is 6.66. The molecule has 126 valence electrons. The standard InChI is InChI=1S/C19H29N3O/c23-14-17-13-22(18-2-1-3-18)15-19(17)6-10-21(11-7-19)12-16-4-8-20-9-5-16/h4-5,8-9,17-18,23H,1-3,6-7,10-15H2. The van der Waals surface area contributed by atoms with Crippen LogP contribution in [0.25, 0.3) is 0 Å². The summed E-state index contributed by atoms with van der Waals surface area (Å²) in [7, 11) is 0. The van der Waals surface area contributed by atoms with Crippen LogP contribution < -0.4 is 0 Å². The minimum atomic E-state index is 0.369. The Morgan fingerprint density at radius 3 is 2.52 bits per heavy atom. The largest absolute Gasteiger partial charge is 0.396 e. The van der Waals surface area contributed by atoms with Crippen molar-refractivity contribution in [1.29, 1.82) is 0 Å². The highest BCUT2D eigenvalue weighted by Crippen LogP contribution is 2.46. The van der Waals surface area contributed by atoms with Gasteiger partial charge in [0.2, 0.25) is 0 Å². The lowest BCUT2D eigenvalue weighted by Gasteiger charge is -2.43. The maximum atomic E-state index is 9.93. The van der Waals surface area contributed by atoms with Gasteiger partial charge in [0.05, 0.1) is 0 Å². The first-order valence-corrected chi connectivity index (χ1v) is 9.25. The lowest BCUT2D eigenvalue weighted by Crippen LogP contribution is -2.45. The van der Waals surface area contributed by atoms with Gasteiger partial charge in [-0.3, -0.25) is 14.8 Å². The van der Waals surface area contributed by atoms with Crippen LogP contribution in [0.1, 0.15) is 37.7 Å². The van der Waals surface area contributed by atoms with E-state index in [2.05, 4.69) is 26.9 Å². The first-order chi connectivity index (χ1) is 11.3. The highest BCUT2D eigenvalue weighted by molar-refractivity contribution is 5.10. The molecule has 1 atom stereocenters. The van der Waals surface area contributed by atoms with Gasteiger partial charge >= 0.3 is 0 Å². The first-order valence-electron chi connectivity index (χ1n) is 9.25. The normalized spacial score (nSPS) is 29.0. The molecule has 2 aliphatic heterocycles. The summed E-state index contributed by atoms with van der Waals surface area (Å²) >= 11 is 0. The monoisotopic (exact) mass is 315 g/mol. The number of pyridine rings is 1. The highest BCUT2D eigenvalue weighted by atomic mass is 16.3. The summed E-state index contributed by atoms with van der Waals surface area (Å²) < 4.78 is 0. The van der Waals surface area contributed by atoms with E-state index in [0.29, 0.717) is 17.9 Å². The summed E-state index contributed by atoms with van der Waals surface area (Å²) in [5, 5.41) is 9.93. The van der Waals surface area contributed by atoms with Crippen LogP contribution in [0.15, 0.2) is 24.5 Å². The molecule has 4 nitrogen and oxygen atoms in total. The Labute approximate surface area is 139 Å². The number of aromatic nitrogens is 1. The number of aliphatic hydroxyl groups excluding tert-OH is 1. The summed E-state index contributed by atoms with van der Waals surface area (Å²) in [5.74, 6) is 0.492. The predicted molar refractivity (Wildman–Crippen MR) is 91.0 cm³/mol. The van der Waals surface area contributed by atoms with Crippen LogP contribution in [0.2, 0.25) is 0 Å². The molecular formula is C19H29N3O. The number of aliphatic hydroxyl groups is 1. The van der Waals surface area contributed by atoms with Crippen molar-refractivity contribution in [2.75, 3.05) is 32.8 Å². The third kappa shape index (κ3) is 3.04. The van der Waals surface area contributed by atoms with Crippen molar-refractivity contribution >= 4 is 0 Å². The molecule has 0 radical (unpaired) electrons. The van der Waals surface area contributed by atoms with Crippen molar-refractivity contribution < 1.29 is 5.11 Å². The van der Waals surface area contributed by atoms with Gasteiger partial charge in [-0.2, -0.15) is 0 Å². The summed E-state index contributed by atoms with van der Waals surface area (Å²) in [6.45, 7) is 6.09. The van der Waals surface area contributed by atoms with E-state index in [1.807, 2.05) is 12.4 Å². The van der Waals surface area contributed by atoms with Gasteiger partial charge in [-0.1, -0.05) is 6.42 Å². The zero-order valence-corrected chi connectivity index (χ0v) is 14.0. The van der Waals surface area contributed by atoms with Crippen LogP contribution in [0.5, 0.6) is 0 Å². The van der Waals surface area contributed by atoms with Gasteiger partial charge in [0, 0.05) is 50.6 Å². The SMILES string of the molecule is OCC1CN(C2CCC2)CC12CCN(Cc1ccncc1)CC2. The average molecular weight is 315 g/mol. The fourth-order valence-electron chi connectivity index (χ4n) is 4.83. The molecular weight excluding hydrogens is 286 g/mol. The van der Waals surface area contributed by atoms with Crippen LogP contribution >= 0.6 is 0 Å². The number of rotatable bonds is 4. The third-order valence-corrected chi connectivity index (χ3v) is 6.66. The fourth-order valence-corrected chi connectivity index (χ4v) is 4.83. The van der Waals surface area contributed by atoms with Gasteiger partial charge in [-0.05, 0) is 61.9 Å². The second-order valence-corrected chi connectivity index (χ2v) is 7.89. The van der Waals surface area contributed by atoms with Crippen molar-refractivity contribution in [3.05, 3.63) is 30.1 Å². The van der Waals surface area contributed by atoms with Crippen molar-refractivity contribution in [3.63, 3.8) is 0 Å². The van der Waals surface area contributed by atoms with E-state index in [1.165, 1.54) is 44.2 Å². The molecule has 23 heavy (non-hydrogen) atoms. The van der Waals surface area contributed by atoms with E-state index in [1.54, 1.807) is 0 Å². The summed E-state index contributed by atoms with van der Waals surface area (Å²) in [4.78, 5) is 9.37. The second kappa shape index (κ2) is 6.50. The molecule has 2 saturated heterocycles. The predicted octanol–water partition coefficient (Wildman–Crippen LogP) is 2.14. The molecule has 1 aliphatic carbocycles. The van der Waals surface area contributed by atoms with E-state index in [-0.39, 0.29) is 0 Å². The van der Waals surface area contributed by atoms with Crippen LogP contribution in [-0.2, 0) is 6.54 Å². The smallest absolute Gasteiger partial charge is 0.0477 e. The maximum absolute atomic E-state index is 9.93. The topological polar surface area (TPSA) is 39.6 Å². The quantitative estimate of drug-likeness (QED) is 0.924. The Bertz CT molecular complexity index is 509. The van der Waals surface area contributed by atoms with E-state index in [9.17, 15) is 5.11 Å². The molecule has 4 heteroatoms. The number of hydrogen-bond acceptors (Lipinski definition) is 4. The van der Waals surface area contributed by atoms with Crippen LogP contribution in [0.4, 0.5) is 0 Å². The zero-order valence-electron chi connectivity index (χ0n) is 14.0. The molecule has 1 aromatic heterocycles. The van der Waals surface area contributed by atoms with Gasteiger partial charge in [-0.25, -0.2) is 0 Å². The number of nitrogens with zero attached hydrogens (tertiary/aromatic N) is 3. The zero-order chi connectivity index (χ0) is 15.7. The number of likely N-dealkylation sites (tertiary alicyclic amines) is 2. The molecule has 1 spiro atoms. The lowest BCUT2D eigenvalue weighted by atomic mass is 9.71. The number of piperidine rings is 1. The van der Waals surface area contributed by atoms with Gasteiger partial charge in [0.15, 0.2) is 0 Å². The van der Waals surface area contributed by atoms with E-state index < -0.39 is 0 Å². The number of hydrogen-bond donors (Lipinski definition) is 1. The molecule has 3 aliphatic rings. The molecule has 1 aromatic rings. The Morgan fingerprint density at radius 2 is 1.91 bits per heavy atom. The molecule has 0 aromatic carbocycles. The average Bonchev–Trinajstić information content (AvgIpc) is 2.87. The molecule has 1 saturated carbocycles. The molecule has 3 fully saturated rings. The van der Waals surface area contributed by atoms with Gasteiger partial charge < -0.3 is 5.11 Å². The summed E-state index contributed by atoms with van der Waals surface area (Å²) in [6.07, 6.45) is 10.4. The fraction of sp³-hybridized carbons (Fsp3) is 0.737. The Hall–Kier alpha value is -0.970. The Kier molecular flexibility index (Phi) is 4.39. The molecule has 0 amide bonds. The summed E-state index contributed by atoms with van der Waals surface area (Å²) in [5.41, 5.74) is 1.73. The molecule has 3 heterocycles. The van der Waals surface area contributed by atoms with Gasteiger partial charge in [0.25, 0.3) is 0 Å². The maximum Gasteiger partial charge on any atom is 0.0477 e. The molecule has 1 N–H and O–H groups in total. The van der Waals surface area contributed by atoms with E-state index >= 15 is 0 Å². The molecule has 0 bridgehead atoms. The minimum absolute atomic E-state index is 0.369. The van der Waals surface area contributed by atoms with Crippen molar-refractivity contribution in [2.24, 2.45) is 11.3 Å². The van der Waals surface area contributed by atoms with E-state index in [0.717, 1.165) is 32.2 Å². The van der Waals surface area contributed by atoms with Crippen LogP contribution in [0, 0.1) is 11.3 Å². The molecule has 1 unspecified atom stereocenters. The van der Waals surface area contributed by atoms with Gasteiger partial charge in [0.1, 0.15) is 0 Å². The van der Waals surface area contributed by atoms with Crippen molar-refractivity contribution in [3.8, 4) is 0 Å². The van der Waals surface area contributed by atoms with Crippen molar-refractivity contribution in [1.82, 2.24) is 14.8 Å². The molecule has 4 rings (SSSR count). The van der Waals surface area contributed by atoms with Crippen molar-refractivity contribution in [2.45, 2.75) is 44.7 Å². The Balaban J connectivity index is 1.37. The minimum Gasteiger partial charge on any atom is -0.396 e. The lowest BCUT2D eigenvalue weighted by molar-refractivity contribution is 0.0454. The first kappa shape index (κ1) is 15.6. The summed E-state index contributed by atoms with van der Waals surface area (Å²) in [6, 6.07) is 5.06. The van der Waals surface area contributed by atoms with Gasteiger partial charge in [-0.15, -0.1) is 0 Å². The second-order valence-electron chi connectivity index (χ2n) is 7.89. The van der Waals surface area contributed by atoms with Crippen LogP contribution in [0.3, 0.4) is 0 Å². The Morgan fingerprint density at radius 1 is 1.17 bits per heavy atom.